The van der Waals surface area contributed by atoms with Gasteiger partial charge in [0.1, 0.15) is 12.4 Å². The fourth-order valence-corrected chi connectivity index (χ4v) is 3.17. The molecule has 30 heavy (non-hydrogen) atoms. The average Bonchev–Trinajstić information content (AvgIpc) is 2.69. The van der Waals surface area contributed by atoms with Crippen LogP contribution in [0.25, 0.3) is 16.6 Å². The molecule has 0 spiro atoms. The molecule has 1 aromatic heterocycles. The van der Waals surface area contributed by atoms with Gasteiger partial charge in [0, 0.05) is 5.02 Å². The van der Waals surface area contributed by atoms with E-state index in [2.05, 4.69) is 0 Å². The quantitative estimate of drug-likeness (QED) is 0.608. The van der Waals surface area contributed by atoms with Crippen molar-refractivity contribution in [2.45, 2.75) is 12.7 Å². The van der Waals surface area contributed by atoms with Crippen LogP contribution in [0.2, 0.25) is 5.02 Å². The normalized spacial score (nSPS) is 11.8. The van der Waals surface area contributed by atoms with Crippen LogP contribution >= 0.6 is 11.6 Å². The Hall–Kier alpha value is -2.82. The second kappa shape index (κ2) is 8.50. The van der Waals surface area contributed by atoms with Gasteiger partial charge in [-0.25, -0.2) is 4.79 Å². The van der Waals surface area contributed by atoms with Gasteiger partial charge in [0.2, 0.25) is 0 Å². The summed E-state index contributed by atoms with van der Waals surface area (Å²) in [5.74, 6) is 0.117. The minimum atomic E-state index is -4.70. The summed E-state index contributed by atoms with van der Waals surface area (Å²) in [5, 5.41) is 18.1. The highest BCUT2D eigenvalue weighted by molar-refractivity contribution is 6.30. The van der Waals surface area contributed by atoms with Gasteiger partial charge in [0.05, 0.1) is 41.9 Å². The minimum absolute atomic E-state index is 0.0670. The smallest absolute Gasteiger partial charge is 0.416 e. The maximum atomic E-state index is 13.2. The molecule has 2 aromatic carbocycles. The molecule has 0 bridgehead atoms. The van der Waals surface area contributed by atoms with Crippen LogP contribution in [0.1, 0.15) is 5.56 Å². The predicted octanol–water partition coefficient (Wildman–Crippen LogP) is 2.19. The zero-order valence-corrected chi connectivity index (χ0v) is 16.1. The summed E-state index contributed by atoms with van der Waals surface area (Å²) in [4.78, 5) is 25.8. The van der Waals surface area contributed by atoms with Crippen molar-refractivity contribution in [1.82, 2.24) is 9.13 Å². The van der Waals surface area contributed by atoms with E-state index in [9.17, 15) is 27.9 Å². The molecule has 11 heteroatoms. The van der Waals surface area contributed by atoms with Crippen molar-refractivity contribution in [2.24, 2.45) is 0 Å². The molecule has 0 aliphatic rings. The number of aliphatic hydroxyl groups excluding tert-OH is 2. The number of hydrogen-bond donors (Lipinski definition) is 2. The number of ether oxygens (including phenoxy) is 1. The van der Waals surface area contributed by atoms with Gasteiger partial charge < -0.3 is 14.9 Å². The highest BCUT2D eigenvalue weighted by Crippen LogP contribution is 2.32. The van der Waals surface area contributed by atoms with Gasteiger partial charge in [-0.2, -0.15) is 13.2 Å². The molecular weight excluding hydrogens is 429 g/mol. The van der Waals surface area contributed by atoms with Gasteiger partial charge in [0.15, 0.2) is 0 Å². The zero-order valence-electron chi connectivity index (χ0n) is 15.3. The molecule has 0 aliphatic heterocycles. The lowest BCUT2D eigenvalue weighted by Crippen LogP contribution is -2.40. The van der Waals surface area contributed by atoms with Crippen molar-refractivity contribution in [3.05, 3.63) is 67.8 Å². The van der Waals surface area contributed by atoms with Gasteiger partial charge in [-0.1, -0.05) is 11.6 Å². The van der Waals surface area contributed by atoms with Gasteiger partial charge in [-0.3, -0.25) is 13.9 Å². The van der Waals surface area contributed by atoms with Gasteiger partial charge in [-0.05, 0) is 36.4 Å². The number of nitrogens with zero attached hydrogens (tertiary/aromatic N) is 2. The first-order valence-corrected chi connectivity index (χ1v) is 9.08. The van der Waals surface area contributed by atoms with Crippen molar-refractivity contribution < 1.29 is 28.1 Å². The molecule has 3 aromatic rings. The van der Waals surface area contributed by atoms with E-state index in [1.165, 1.54) is 18.2 Å². The van der Waals surface area contributed by atoms with E-state index in [0.717, 1.165) is 16.7 Å². The Kier molecular flexibility index (Phi) is 6.20. The van der Waals surface area contributed by atoms with Crippen LogP contribution in [0.3, 0.4) is 0 Å². The number of alkyl halides is 3. The molecule has 160 valence electrons. The number of hydrogen-bond acceptors (Lipinski definition) is 5. The second-order valence-electron chi connectivity index (χ2n) is 6.21. The molecule has 2 N–H and O–H groups in total. The van der Waals surface area contributed by atoms with Crippen LogP contribution in [0, 0.1) is 0 Å². The average molecular weight is 445 g/mol. The van der Waals surface area contributed by atoms with Crippen LogP contribution in [0.4, 0.5) is 13.2 Å². The molecule has 0 radical (unpaired) electrons. The standard InChI is InChI=1S/C19H16ClF3N2O5/c20-12-2-4-16(30-8-7-27)15(10-12)25-14-3-1-11(19(21,22)23)9-13(14)17(28)24(5-6-26)18(25)29/h1-4,9-10,26-27H,5-8H2. The fourth-order valence-electron chi connectivity index (χ4n) is 3.01. The molecular formula is C19H16ClF3N2O5. The molecule has 0 amide bonds. The van der Waals surface area contributed by atoms with Crippen molar-refractivity contribution in [2.75, 3.05) is 19.8 Å². The summed E-state index contributed by atoms with van der Waals surface area (Å²) in [7, 11) is 0. The van der Waals surface area contributed by atoms with Gasteiger partial charge in [-0.15, -0.1) is 0 Å². The van der Waals surface area contributed by atoms with Gasteiger partial charge >= 0.3 is 11.9 Å². The summed E-state index contributed by atoms with van der Waals surface area (Å²) >= 11 is 6.04. The molecule has 0 saturated carbocycles. The third-order valence-electron chi connectivity index (χ3n) is 4.30. The maximum absolute atomic E-state index is 13.2. The molecule has 1 heterocycles. The summed E-state index contributed by atoms with van der Waals surface area (Å²) in [5.41, 5.74) is -2.94. The van der Waals surface area contributed by atoms with E-state index in [4.69, 9.17) is 21.4 Å². The lowest BCUT2D eigenvalue weighted by atomic mass is 10.1. The lowest BCUT2D eigenvalue weighted by Gasteiger charge is -2.18. The van der Waals surface area contributed by atoms with Crippen LogP contribution in [0.15, 0.2) is 46.0 Å². The molecule has 0 unspecified atom stereocenters. The molecule has 0 atom stereocenters. The molecule has 3 rings (SSSR count). The maximum Gasteiger partial charge on any atom is 0.416 e. The second-order valence-corrected chi connectivity index (χ2v) is 6.65. The van der Waals surface area contributed by atoms with Crippen molar-refractivity contribution >= 4 is 22.5 Å². The topological polar surface area (TPSA) is 93.7 Å². The SMILES string of the molecule is O=c1c2cc(C(F)(F)F)ccc2n(-c2cc(Cl)ccc2OCCO)c(=O)n1CCO. The Bertz CT molecular complexity index is 1200. The van der Waals surface area contributed by atoms with Crippen molar-refractivity contribution in [3.63, 3.8) is 0 Å². The van der Waals surface area contributed by atoms with Gasteiger partial charge in [0.25, 0.3) is 5.56 Å². The van der Waals surface area contributed by atoms with E-state index in [1.54, 1.807) is 0 Å². The van der Waals surface area contributed by atoms with E-state index >= 15 is 0 Å². The largest absolute Gasteiger partial charge is 0.489 e. The Morgan fingerprint density at radius 3 is 2.40 bits per heavy atom. The third kappa shape index (κ3) is 4.07. The number of aromatic nitrogens is 2. The van der Waals surface area contributed by atoms with E-state index < -0.39 is 36.1 Å². The Morgan fingerprint density at radius 1 is 1.03 bits per heavy atom. The first kappa shape index (κ1) is 21.9. The molecule has 0 fully saturated rings. The minimum Gasteiger partial charge on any atom is -0.489 e. The fraction of sp³-hybridized carbons (Fsp3) is 0.263. The highest BCUT2D eigenvalue weighted by Gasteiger charge is 2.31. The number of halogens is 4. The van der Waals surface area contributed by atoms with Crippen LogP contribution in [-0.4, -0.2) is 39.2 Å². The van der Waals surface area contributed by atoms with Crippen molar-refractivity contribution in [1.29, 1.82) is 0 Å². The lowest BCUT2D eigenvalue weighted by molar-refractivity contribution is -0.137. The van der Waals surface area contributed by atoms with Crippen LogP contribution in [0.5, 0.6) is 5.75 Å². The monoisotopic (exact) mass is 444 g/mol. The third-order valence-corrected chi connectivity index (χ3v) is 4.53. The van der Waals surface area contributed by atoms with Crippen LogP contribution < -0.4 is 16.0 Å². The molecule has 0 saturated heterocycles. The van der Waals surface area contributed by atoms with Crippen molar-refractivity contribution in [3.8, 4) is 11.4 Å². The Balaban J connectivity index is 2.44. The van der Waals surface area contributed by atoms with E-state index in [1.807, 2.05) is 0 Å². The predicted molar refractivity (Wildman–Crippen MR) is 103 cm³/mol. The summed E-state index contributed by atoms with van der Waals surface area (Å²) in [6, 6.07) is 6.67. The first-order valence-electron chi connectivity index (χ1n) is 8.70. The first-order chi connectivity index (χ1) is 14.2. The number of fused-ring (bicyclic) bond motifs is 1. The van der Waals surface area contributed by atoms with E-state index in [0.29, 0.717) is 10.6 Å². The Labute approximate surface area is 172 Å². The molecule has 7 nitrogen and oxygen atoms in total. The number of benzene rings is 2. The summed E-state index contributed by atoms with van der Waals surface area (Å²) < 4.78 is 46.6. The summed E-state index contributed by atoms with van der Waals surface area (Å²) in [6.45, 7) is -1.44. The number of aliphatic hydroxyl groups is 2. The molecule has 0 aliphatic carbocycles. The van der Waals surface area contributed by atoms with Crippen LogP contribution in [-0.2, 0) is 12.7 Å². The Morgan fingerprint density at radius 2 is 1.77 bits per heavy atom. The van der Waals surface area contributed by atoms with E-state index in [-0.39, 0.29) is 40.6 Å². The number of rotatable bonds is 6. The highest BCUT2D eigenvalue weighted by atomic mass is 35.5. The summed E-state index contributed by atoms with van der Waals surface area (Å²) in [6.07, 6.45) is -4.70. The zero-order chi connectivity index (χ0) is 22.1.